The molecule has 0 saturated carbocycles. The zero-order chi connectivity index (χ0) is 22.2. The Bertz CT molecular complexity index is 759. The molecular formula is C26H35LiO3Si. The summed E-state index contributed by atoms with van der Waals surface area (Å²) in [6.45, 7) is 11.6. The molecule has 0 saturated heterocycles. The normalized spacial score (nSPS) is 14.7. The number of benzene rings is 2. The van der Waals surface area contributed by atoms with Crippen molar-refractivity contribution in [1.29, 1.82) is 0 Å². The fourth-order valence-corrected chi connectivity index (χ4v) is 8.81. The Balaban J connectivity index is 0.00000480. The van der Waals surface area contributed by atoms with Gasteiger partial charge in [0.25, 0.3) is 8.32 Å². The molecule has 0 aliphatic carbocycles. The second-order valence-electron chi connectivity index (χ2n) is 8.92. The molecule has 0 fully saturated rings. The van der Waals surface area contributed by atoms with Crippen molar-refractivity contribution < 1.29 is 32.8 Å². The summed E-state index contributed by atoms with van der Waals surface area (Å²) in [6, 6.07) is 21.3. The first kappa shape index (κ1) is 27.7. The van der Waals surface area contributed by atoms with E-state index in [2.05, 4.69) is 94.3 Å². The molecule has 2 aromatic carbocycles. The Kier molecular flexibility index (Phi) is 11.3. The van der Waals surface area contributed by atoms with Crippen LogP contribution in [0, 0.1) is 24.2 Å². The van der Waals surface area contributed by atoms with Crippen LogP contribution in [0.1, 0.15) is 34.6 Å². The van der Waals surface area contributed by atoms with Crippen LogP contribution in [-0.4, -0.2) is 34.9 Å². The number of hydrogen-bond donors (Lipinski definition) is 0. The van der Waals surface area contributed by atoms with Crippen LogP contribution >= 0.6 is 0 Å². The predicted octanol–water partition coefficient (Wildman–Crippen LogP) is 1.42. The second-order valence-corrected chi connectivity index (χ2v) is 13.2. The van der Waals surface area contributed by atoms with Crippen molar-refractivity contribution in [2.45, 2.75) is 45.8 Å². The molecule has 0 aromatic heterocycles. The number of ether oxygens (including phenoxy) is 2. The average molecular weight is 431 g/mol. The van der Waals surface area contributed by atoms with Crippen molar-refractivity contribution >= 4 is 18.7 Å². The Morgan fingerprint density at radius 3 is 1.81 bits per heavy atom. The van der Waals surface area contributed by atoms with Crippen LogP contribution in [0.25, 0.3) is 0 Å². The molecule has 0 bridgehead atoms. The molecule has 0 radical (unpaired) electrons. The quantitative estimate of drug-likeness (QED) is 0.247. The van der Waals surface area contributed by atoms with Gasteiger partial charge in [-0.05, 0) is 15.4 Å². The molecule has 162 valence electrons. The van der Waals surface area contributed by atoms with Gasteiger partial charge in [0.2, 0.25) is 0 Å². The van der Waals surface area contributed by atoms with Gasteiger partial charge in [-0.2, -0.15) is 0 Å². The van der Waals surface area contributed by atoms with E-state index < -0.39 is 8.32 Å². The van der Waals surface area contributed by atoms with Crippen LogP contribution in [0.4, 0.5) is 0 Å². The van der Waals surface area contributed by atoms with E-state index in [1.165, 1.54) is 10.4 Å². The fourth-order valence-electron chi connectivity index (χ4n) is 4.14. The van der Waals surface area contributed by atoms with E-state index >= 15 is 0 Å². The molecule has 5 heteroatoms. The van der Waals surface area contributed by atoms with E-state index in [0.717, 1.165) is 0 Å². The monoisotopic (exact) mass is 430 g/mol. The van der Waals surface area contributed by atoms with Gasteiger partial charge < -0.3 is 26.2 Å². The van der Waals surface area contributed by atoms with E-state index in [4.69, 9.17) is 20.3 Å². The molecule has 31 heavy (non-hydrogen) atoms. The van der Waals surface area contributed by atoms with Crippen molar-refractivity contribution in [1.82, 2.24) is 0 Å². The molecule has 3 nitrogen and oxygen atoms in total. The molecule has 2 aromatic rings. The minimum Gasteiger partial charge on any atom is -0.693 e. The Hall–Kier alpha value is -1.31. The molecule has 0 spiro atoms. The van der Waals surface area contributed by atoms with E-state index in [1.54, 1.807) is 7.11 Å². The molecule has 0 heterocycles. The molecular weight excluding hydrogens is 395 g/mol. The first-order chi connectivity index (χ1) is 14.3. The largest absolute Gasteiger partial charge is 1.00 e. The molecule has 0 aliphatic rings. The summed E-state index contributed by atoms with van der Waals surface area (Å²) in [4.78, 5) is 0. The van der Waals surface area contributed by atoms with E-state index in [0.29, 0.717) is 6.61 Å². The first-order valence-electron chi connectivity index (χ1n) is 10.6. The fraction of sp³-hybridized carbons (Fsp3) is 0.462. The maximum atomic E-state index is 7.59. The van der Waals surface area contributed by atoms with Gasteiger partial charge in [0.05, 0.1) is 6.10 Å². The SMILES string of the molecule is [C-]#C[C@H](C)[C@H](OCOC)[C@H](C)CO[Si](c1ccccc1)(c1ccccc1)C(C)(C)C.[Li+]. The standard InChI is InChI=1S/C26H35O3Si.Li/c1-8-21(2)25(28-20-27-7)22(3)19-29-30(26(4,5)6,23-15-11-9-12-16-23)24-17-13-10-14-18-24;/h9-18,21-22,25H,19-20H2,2-7H3;/q-1;+1/t21-,22+,25-;/m0./s1. The summed E-state index contributed by atoms with van der Waals surface area (Å²) in [5, 5.41) is 2.45. The topological polar surface area (TPSA) is 27.7 Å². The minimum atomic E-state index is -2.59. The maximum absolute atomic E-state index is 7.59. The van der Waals surface area contributed by atoms with Gasteiger partial charge in [0, 0.05) is 25.6 Å². The molecule has 2 rings (SSSR count). The number of hydrogen-bond acceptors (Lipinski definition) is 3. The molecule has 3 atom stereocenters. The Morgan fingerprint density at radius 2 is 1.42 bits per heavy atom. The van der Waals surface area contributed by atoms with Crippen molar-refractivity contribution in [3.05, 3.63) is 67.1 Å². The maximum Gasteiger partial charge on any atom is 1.00 e. The summed E-state index contributed by atoms with van der Waals surface area (Å²) < 4.78 is 18.0. The first-order valence-corrected chi connectivity index (χ1v) is 12.5. The zero-order valence-electron chi connectivity index (χ0n) is 20.1. The smallest absolute Gasteiger partial charge is 0.693 e. The van der Waals surface area contributed by atoms with Crippen LogP contribution in [0.3, 0.4) is 0 Å². The molecule has 0 aliphatic heterocycles. The van der Waals surface area contributed by atoms with Gasteiger partial charge in [-0.25, -0.2) is 0 Å². The predicted molar refractivity (Wildman–Crippen MR) is 126 cm³/mol. The summed E-state index contributed by atoms with van der Waals surface area (Å²) in [7, 11) is -0.978. The van der Waals surface area contributed by atoms with Gasteiger partial charge in [0.15, 0.2) is 0 Å². The van der Waals surface area contributed by atoms with E-state index in [-0.39, 0.29) is 48.6 Å². The number of methoxy groups -OCH3 is 1. The number of rotatable bonds is 10. The third-order valence-electron chi connectivity index (χ3n) is 5.64. The minimum absolute atomic E-state index is 0. The van der Waals surface area contributed by atoms with Gasteiger partial charge >= 0.3 is 18.9 Å². The average Bonchev–Trinajstić information content (AvgIpc) is 2.74. The van der Waals surface area contributed by atoms with E-state index in [1.807, 2.05) is 6.92 Å². The summed E-state index contributed by atoms with van der Waals surface area (Å²) in [5.74, 6) is 2.51. The van der Waals surface area contributed by atoms with Crippen molar-refractivity contribution in [2.24, 2.45) is 11.8 Å². The Labute approximate surface area is 202 Å². The molecule has 0 N–H and O–H groups in total. The summed E-state index contributed by atoms with van der Waals surface area (Å²) >= 11 is 0. The van der Waals surface area contributed by atoms with Crippen LogP contribution in [0.2, 0.25) is 5.04 Å². The van der Waals surface area contributed by atoms with Crippen molar-refractivity contribution in [3.63, 3.8) is 0 Å². The van der Waals surface area contributed by atoms with Crippen molar-refractivity contribution in [2.75, 3.05) is 20.5 Å². The van der Waals surface area contributed by atoms with Gasteiger partial charge in [-0.3, -0.25) is 0 Å². The summed E-state index contributed by atoms with van der Waals surface area (Å²) in [5.41, 5.74) is 0. The van der Waals surface area contributed by atoms with Gasteiger partial charge in [-0.15, -0.1) is 0 Å². The van der Waals surface area contributed by atoms with E-state index in [9.17, 15) is 0 Å². The van der Waals surface area contributed by atoms with Gasteiger partial charge in [-0.1, -0.05) is 95.3 Å². The third kappa shape index (κ3) is 6.59. The zero-order valence-corrected chi connectivity index (χ0v) is 21.1. The summed E-state index contributed by atoms with van der Waals surface area (Å²) in [6.07, 6.45) is 7.39. The van der Waals surface area contributed by atoms with Crippen molar-refractivity contribution in [3.8, 4) is 5.92 Å². The van der Waals surface area contributed by atoms with Crippen LogP contribution in [-0.2, 0) is 13.9 Å². The molecule has 0 unspecified atom stereocenters. The van der Waals surface area contributed by atoms with Gasteiger partial charge in [0.1, 0.15) is 6.79 Å². The van der Waals surface area contributed by atoms with Crippen LogP contribution < -0.4 is 29.2 Å². The second kappa shape index (κ2) is 12.7. The van der Waals surface area contributed by atoms with Crippen LogP contribution in [0.5, 0.6) is 0 Å². The molecule has 0 amide bonds. The Morgan fingerprint density at radius 1 is 0.935 bits per heavy atom. The third-order valence-corrected chi connectivity index (χ3v) is 10.6. The van der Waals surface area contributed by atoms with Crippen LogP contribution in [0.15, 0.2) is 60.7 Å².